The number of ether oxygens (including phenoxy) is 1. The molecule has 1 unspecified atom stereocenters. The van der Waals surface area contributed by atoms with Gasteiger partial charge in [-0.2, -0.15) is 0 Å². The van der Waals surface area contributed by atoms with Gasteiger partial charge >= 0.3 is 0 Å². The quantitative estimate of drug-likeness (QED) is 0.698. The molecule has 2 rings (SSSR count). The van der Waals surface area contributed by atoms with E-state index in [1.807, 2.05) is 0 Å². The number of likely N-dealkylation sites (N-methyl/N-ethyl adjacent to an activating group) is 1. The van der Waals surface area contributed by atoms with E-state index in [0.29, 0.717) is 6.54 Å². The normalized spacial score (nSPS) is 21.9. The summed E-state index contributed by atoms with van der Waals surface area (Å²) in [6, 6.07) is 6.16. The van der Waals surface area contributed by atoms with E-state index in [0.717, 1.165) is 5.56 Å². The molecule has 0 N–H and O–H groups in total. The summed E-state index contributed by atoms with van der Waals surface area (Å²) in [6.45, 7) is 0.614. The van der Waals surface area contributed by atoms with Crippen LogP contribution >= 0.6 is 0 Å². The molecule has 1 aromatic carbocycles. The lowest BCUT2D eigenvalue weighted by Gasteiger charge is -2.30. The summed E-state index contributed by atoms with van der Waals surface area (Å²) in [4.78, 5) is 12.8. The molecule has 0 saturated carbocycles. The SMILES string of the molecule is CN1CC(c2ccc(F)cc2)OCC1=O. The van der Waals surface area contributed by atoms with Crippen LogP contribution < -0.4 is 0 Å². The largest absolute Gasteiger partial charge is 0.362 e. The second-order valence-corrected chi connectivity index (χ2v) is 3.63. The average Bonchev–Trinajstić information content (AvgIpc) is 2.23. The molecule has 1 aromatic rings. The zero-order valence-corrected chi connectivity index (χ0v) is 8.44. The van der Waals surface area contributed by atoms with Crippen LogP contribution in [-0.2, 0) is 9.53 Å². The third-order valence-corrected chi connectivity index (χ3v) is 2.52. The van der Waals surface area contributed by atoms with Crippen molar-refractivity contribution in [2.24, 2.45) is 0 Å². The summed E-state index contributed by atoms with van der Waals surface area (Å²) in [5, 5.41) is 0. The van der Waals surface area contributed by atoms with Crippen LogP contribution in [0.5, 0.6) is 0 Å². The minimum absolute atomic E-state index is 0.0200. The highest BCUT2D eigenvalue weighted by Gasteiger charge is 2.24. The van der Waals surface area contributed by atoms with Crippen LogP contribution in [0.1, 0.15) is 11.7 Å². The summed E-state index contributed by atoms with van der Waals surface area (Å²) in [5.74, 6) is -0.285. The van der Waals surface area contributed by atoms with Gasteiger partial charge in [-0.15, -0.1) is 0 Å². The molecule has 15 heavy (non-hydrogen) atoms. The van der Waals surface area contributed by atoms with E-state index in [9.17, 15) is 9.18 Å². The van der Waals surface area contributed by atoms with Gasteiger partial charge in [-0.05, 0) is 17.7 Å². The molecule has 0 bridgehead atoms. The van der Waals surface area contributed by atoms with Gasteiger partial charge < -0.3 is 9.64 Å². The molecule has 1 fully saturated rings. The highest BCUT2D eigenvalue weighted by atomic mass is 19.1. The topological polar surface area (TPSA) is 29.5 Å². The van der Waals surface area contributed by atoms with E-state index >= 15 is 0 Å². The van der Waals surface area contributed by atoms with E-state index < -0.39 is 0 Å². The molecule has 1 amide bonds. The predicted molar refractivity (Wildman–Crippen MR) is 52.7 cm³/mol. The van der Waals surface area contributed by atoms with Crippen molar-refractivity contribution in [3.05, 3.63) is 35.6 Å². The fourth-order valence-electron chi connectivity index (χ4n) is 1.56. The lowest BCUT2D eigenvalue weighted by Crippen LogP contribution is -2.40. The molecule has 0 aromatic heterocycles. The van der Waals surface area contributed by atoms with Crippen LogP contribution in [-0.4, -0.2) is 31.0 Å². The van der Waals surface area contributed by atoms with Gasteiger partial charge in [-0.25, -0.2) is 4.39 Å². The number of nitrogens with zero attached hydrogens (tertiary/aromatic N) is 1. The van der Waals surface area contributed by atoms with E-state index in [1.165, 1.54) is 12.1 Å². The van der Waals surface area contributed by atoms with Gasteiger partial charge in [-0.1, -0.05) is 12.1 Å². The molecule has 1 aliphatic rings. The van der Waals surface area contributed by atoms with Crippen molar-refractivity contribution in [1.29, 1.82) is 0 Å². The summed E-state index contributed by atoms with van der Waals surface area (Å²) in [7, 11) is 1.74. The summed E-state index contributed by atoms with van der Waals surface area (Å²) >= 11 is 0. The highest BCUT2D eigenvalue weighted by Crippen LogP contribution is 2.21. The molecule has 3 nitrogen and oxygen atoms in total. The van der Waals surface area contributed by atoms with Crippen molar-refractivity contribution < 1.29 is 13.9 Å². The zero-order valence-electron chi connectivity index (χ0n) is 8.44. The van der Waals surface area contributed by atoms with Gasteiger partial charge in [-0.3, -0.25) is 4.79 Å². The Morgan fingerprint density at radius 3 is 2.67 bits per heavy atom. The van der Waals surface area contributed by atoms with Gasteiger partial charge in [0, 0.05) is 7.05 Å². The first-order chi connectivity index (χ1) is 7.16. The van der Waals surface area contributed by atoms with Crippen molar-refractivity contribution in [2.75, 3.05) is 20.2 Å². The molecule has 0 radical (unpaired) electrons. The first-order valence-electron chi connectivity index (χ1n) is 4.78. The monoisotopic (exact) mass is 209 g/mol. The minimum Gasteiger partial charge on any atom is -0.362 e. The molecule has 1 saturated heterocycles. The maximum atomic E-state index is 12.7. The number of benzene rings is 1. The second-order valence-electron chi connectivity index (χ2n) is 3.63. The third kappa shape index (κ3) is 2.15. The van der Waals surface area contributed by atoms with Crippen molar-refractivity contribution in [3.63, 3.8) is 0 Å². The number of carbonyl (C=O) groups excluding carboxylic acids is 1. The average molecular weight is 209 g/mol. The Labute approximate surface area is 87.5 Å². The van der Waals surface area contributed by atoms with E-state index in [4.69, 9.17) is 4.74 Å². The number of amides is 1. The summed E-state index contributed by atoms with van der Waals surface area (Å²) in [6.07, 6.45) is -0.145. The van der Waals surface area contributed by atoms with E-state index in [2.05, 4.69) is 0 Å². The van der Waals surface area contributed by atoms with Gasteiger partial charge in [0.25, 0.3) is 0 Å². The number of carbonyl (C=O) groups is 1. The maximum Gasteiger partial charge on any atom is 0.248 e. The van der Waals surface area contributed by atoms with Crippen LogP contribution in [0.15, 0.2) is 24.3 Å². The van der Waals surface area contributed by atoms with Crippen LogP contribution in [0, 0.1) is 5.82 Å². The van der Waals surface area contributed by atoms with Crippen LogP contribution in [0.25, 0.3) is 0 Å². The maximum absolute atomic E-state index is 12.7. The fourth-order valence-corrected chi connectivity index (χ4v) is 1.56. The zero-order chi connectivity index (χ0) is 10.8. The fraction of sp³-hybridized carbons (Fsp3) is 0.364. The number of morpholine rings is 1. The minimum atomic E-state index is -0.265. The van der Waals surface area contributed by atoms with E-state index in [1.54, 1.807) is 24.1 Å². The van der Waals surface area contributed by atoms with Crippen molar-refractivity contribution in [2.45, 2.75) is 6.10 Å². The molecule has 1 aliphatic heterocycles. The van der Waals surface area contributed by atoms with Gasteiger partial charge in [0.1, 0.15) is 18.5 Å². The Morgan fingerprint density at radius 2 is 2.07 bits per heavy atom. The van der Waals surface area contributed by atoms with Crippen molar-refractivity contribution in [1.82, 2.24) is 4.90 Å². The third-order valence-electron chi connectivity index (χ3n) is 2.52. The Bertz CT molecular complexity index is 363. The Balaban J connectivity index is 2.12. The van der Waals surface area contributed by atoms with Crippen LogP contribution in [0.4, 0.5) is 4.39 Å². The van der Waals surface area contributed by atoms with Gasteiger partial charge in [0.05, 0.1) is 6.54 Å². The van der Waals surface area contributed by atoms with Gasteiger partial charge in [0.15, 0.2) is 0 Å². The second kappa shape index (κ2) is 3.98. The first kappa shape index (κ1) is 10.1. The molecule has 80 valence electrons. The molecule has 1 atom stereocenters. The Kier molecular flexibility index (Phi) is 2.68. The number of hydrogen-bond donors (Lipinski definition) is 0. The molecule has 1 heterocycles. The standard InChI is InChI=1S/C11H12FNO2/c1-13-6-10(15-7-11(13)14)8-2-4-9(12)5-3-8/h2-5,10H,6-7H2,1H3. The predicted octanol–water partition coefficient (Wildman–Crippen LogP) is 1.36. The van der Waals surface area contributed by atoms with Crippen LogP contribution in [0.3, 0.4) is 0 Å². The first-order valence-corrected chi connectivity index (χ1v) is 4.78. The van der Waals surface area contributed by atoms with E-state index in [-0.39, 0.29) is 24.4 Å². The molecular formula is C11H12FNO2. The smallest absolute Gasteiger partial charge is 0.248 e. The summed E-state index contributed by atoms with van der Waals surface area (Å²) in [5.41, 5.74) is 0.899. The highest BCUT2D eigenvalue weighted by molar-refractivity contribution is 5.77. The molecule has 4 heteroatoms. The number of hydrogen-bond acceptors (Lipinski definition) is 2. The van der Waals surface area contributed by atoms with Crippen molar-refractivity contribution in [3.8, 4) is 0 Å². The Morgan fingerprint density at radius 1 is 1.40 bits per heavy atom. The lowest BCUT2D eigenvalue weighted by molar-refractivity contribution is -0.147. The molecule has 0 spiro atoms. The number of halogens is 1. The summed E-state index contributed by atoms with van der Waals surface area (Å²) < 4.78 is 18.1. The van der Waals surface area contributed by atoms with Crippen molar-refractivity contribution >= 4 is 5.91 Å². The molecule has 0 aliphatic carbocycles. The number of rotatable bonds is 1. The molecular weight excluding hydrogens is 197 g/mol. The van der Waals surface area contributed by atoms with Crippen LogP contribution in [0.2, 0.25) is 0 Å². The van der Waals surface area contributed by atoms with Gasteiger partial charge in [0.2, 0.25) is 5.91 Å². The lowest BCUT2D eigenvalue weighted by atomic mass is 10.1. The Hall–Kier alpha value is -1.42.